The van der Waals surface area contributed by atoms with E-state index in [1.165, 1.54) is 0 Å². The van der Waals surface area contributed by atoms with Crippen molar-refractivity contribution >= 4 is 5.97 Å². The average molecular weight is 291 g/mol. The lowest BCUT2D eigenvalue weighted by molar-refractivity contribution is 0.0689. The van der Waals surface area contributed by atoms with Crippen molar-refractivity contribution < 1.29 is 9.90 Å². The van der Waals surface area contributed by atoms with Crippen molar-refractivity contribution in [2.45, 2.75) is 52.6 Å². The molecule has 0 aliphatic rings. The molecule has 2 rings (SSSR count). The predicted molar refractivity (Wildman–Crippen MR) is 77.3 cm³/mol. The van der Waals surface area contributed by atoms with Crippen LogP contribution in [0.15, 0.2) is 12.3 Å². The normalized spacial score (nSPS) is 12.5. The maximum absolute atomic E-state index is 11.2. The van der Waals surface area contributed by atoms with Gasteiger partial charge in [-0.3, -0.25) is 4.68 Å². The molecule has 1 unspecified atom stereocenters. The summed E-state index contributed by atoms with van der Waals surface area (Å²) in [7, 11) is 0. The minimum Gasteiger partial charge on any atom is -0.476 e. The second-order valence-corrected chi connectivity index (χ2v) is 5.14. The molecule has 114 valence electrons. The Morgan fingerprint density at radius 1 is 1.43 bits per heavy atom. The van der Waals surface area contributed by atoms with Crippen LogP contribution in [-0.4, -0.2) is 35.9 Å². The first kappa shape index (κ1) is 15.2. The van der Waals surface area contributed by atoms with E-state index >= 15 is 0 Å². The van der Waals surface area contributed by atoms with Gasteiger partial charge in [0.25, 0.3) is 0 Å². The van der Waals surface area contributed by atoms with Crippen molar-refractivity contribution in [1.29, 1.82) is 0 Å². The maximum Gasteiger partial charge on any atom is 0.358 e. The van der Waals surface area contributed by atoms with Gasteiger partial charge in [-0.15, -0.1) is 5.10 Å². The maximum atomic E-state index is 11.2. The van der Waals surface area contributed by atoms with Crippen LogP contribution in [0.3, 0.4) is 0 Å². The summed E-state index contributed by atoms with van der Waals surface area (Å²) in [5.41, 5.74) is 1.55. The molecule has 2 heterocycles. The van der Waals surface area contributed by atoms with Gasteiger partial charge < -0.3 is 5.11 Å². The smallest absolute Gasteiger partial charge is 0.358 e. The van der Waals surface area contributed by atoms with Gasteiger partial charge in [0, 0.05) is 12.2 Å². The lowest BCUT2D eigenvalue weighted by Gasteiger charge is -2.08. The molecule has 0 bridgehead atoms. The average Bonchev–Trinajstić information content (AvgIpc) is 3.07. The van der Waals surface area contributed by atoms with Crippen LogP contribution in [-0.2, 0) is 13.0 Å². The first-order valence-electron chi connectivity index (χ1n) is 7.26. The zero-order valence-corrected chi connectivity index (χ0v) is 12.7. The lowest BCUT2D eigenvalue weighted by Crippen LogP contribution is -2.11. The molecule has 2 aromatic heterocycles. The molecule has 0 radical (unpaired) electrons. The molecule has 0 saturated heterocycles. The van der Waals surface area contributed by atoms with Gasteiger partial charge in [0.05, 0.1) is 17.9 Å². The van der Waals surface area contributed by atoms with Crippen molar-refractivity contribution in [3.63, 3.8) is 0 Å². The van der Waals surface area contributed by atoms with E-state index in [2.05, 4.69) is 29.3 Å². The molecule has 0 aromatic carbocycles. The molecule has 7 nitrogen and oxygen atoms in total. The summed E-state index contributed by atoms with van der Waals surface area (Å²) >= 11 is 0. The number of hydrogen-bond donors (Lipinski definition) is 1. The molecular weight excluding hydrogens is 270 g/mol. The number of aromatic nitrogens is 5. The minimum absolute atomic E-state index is 0.0400. The van der Waals surface area contributed by atoms with Crippen molar-refractivity contribution in [3.8, 4) is 0 Å². The van der Waals surface area contributed by atoms with Crippen LogP contribution in [0.25, 0.3) is 0 Å². The third-order valence-corrected chi connectivity index (χ3v) is 3.54. The van der Waals surface area contributed by atoms with Gasteiger partial charge in [-0.25, -0.2) is 9.48 Å². The van der Waals surface area contributed by atoms with Crippen LogP contribution in [0.4, 0.5) is 0 Å². The highest BCUT2D eigenvalue weighted by Crippen LogP contribution is 2.13. The van der Waals surface area contributed by atoms with Gasteiger partial charge in [-0.1, -0.05) is 25.5 Å². The molecule has 7 heteroatoms. The fourth-order valence-electron chi connectivity index (χ4n) is 2.16. The van der Waals surface area contributed by atoms with Crippen molar-refractivity contribution in [1.82, 2.24) is 24.8 Å². The quantitative estimate of drug-likeness (QED) is 0.844. The molecule has 0 spiro atoms. The van der Waals surface area contributed by atoms with Crippen LogP contribution >= 0.6 is 0 Å². The number of rotatable bonds is 7. The van der Waals surface area contributed by atoms with Crippen molar-refractivity contribution in [3.05, 3.63) is 29.3 Å². The lowest BCUT2D eigenvalue weighted by atomic mass is 10.2. The van der Waals surface area contributed by atoms with Crippen LogP contribution < -0.4 is 0 Å². The topological polar surface area (TPSA) is 85.8 Å². The second kappa shape index (κ2) is 6.51. The van der Waals surface area contributed by atoms with E-state index < -0.39 is 5.97 Å². The minimum atomic E-state index is -1.03. The first-order chi connectivity index (χ1) is 10.1. The van der Waals surface area contributed by atoms with E-state index in [9.17, 15) is 4.79 Å². The molecule has 1 N–H and O–H groups in total. The van der Waals surface area contributed by atoms with E-state index in [0.29, 0.717) is 24.7 Å². The van der Waals surface area contributed by atoms with Gasteiger partial charge in [-0.2, -0.15) is 5.10 Å². The van der Waals surface area contributed by atoms with Crippen LogP contribution in [0.2, 0.25) is 0 Å². The highest BCUT2D eigenvalue weighted by Gasteiger charge is 2.18. The van der Waals surface area contributed by atoms with E-state index in [1.54, 1.807) is 4.68 Å². The third kappa shape index (κ3) is 3.29. The van der Waals surface area contributed by atoms with Crippen LogP contribution in [0.1, 0.15) is 61.5 Å². The summed E-state index contributed by atoms with van der Waals surface area (Å²) in [4.78, 5) is 11.2. The number of carbonyl (C=O) groups is 1. The number of nitrogens with zero attached hydrogens (tertiary/aromatic N) is 5. The van der Waals surface area contributed by atoms with E-state index in [0.717, 1.165) is 18.5 Å². The van der Waals surface area contributed by atoms with E-state index in [4.69, 9.17) is 5.11 Å². The summed E-state index contributed by atoms with van der Waals surface area (Å²) in [5.74, 6) is -1.03. The third-order valence-electron chi connectivity index (χ3n) is 3.54. The van der Waals surface area contributed by atoms with Crippen molar-refractivity contribution in [2.75, 3.05) is 0 Å². The second-order valence-electron chi connectivity index (χ2n) is 5.14. The Bertz CT molecular complexity index is 617. The molecule has 0 saturated carbocycles. The van der Waals surface area contributed by atoms with E-state index in [1.807, 2.05) is 23.9 Å². The molecule has 2 aromatic rings. The molecule has 0 amide bonds. The van der Waals surface area contributed by atoms with Gasteiger partial charge in [0.15, 0.2) is 5.69 Å². The zero-order valence-electron chi connectivity index (χ0n) is 12.7. The number of carboxylic acid groups (broad SMARTS) is 1. The Balaban J connectivity index is 2.23. The van der Waals surface area contributed by atoms with Crippen LogP contribution in [0, 0.1) is 0 Å². The summed E-state index contributed by atoms with van der Waals surface area (Å²) < 4.78 is 3.56. The molecule has 1 atom stereocenters. The van der Waals surface area contributed by atoms with Gasteiger partial charge >= 0.3 is 5.97 Å². The van der Waals surface area contributed by atoms with Gasteiger partial charge in [0.1, 0.15) is 0 Å². The summed E-state index contributed by atoms with van der Waals surface area (Å²) in [5, 5.41) is 21.4. The first-order valence-corrected chi connectivity index (χ1v) is 7.26. The monoisotopic (exact) mass is 291 g/mol. The standard InChI is InChI=1S/C14H21N5O2/c1-4-6-12-13(14(20)21)15-17-19(12)9-11-7-8-18(16-11)10(3)5-2/h7-8,10H,4-6,9H2,1-3H3,(H,20,21). The van der Waals surface area contributed by atoms with Gasteiger partial charge in [-0.05, 0) is 25.8 Å². The Kier molecular flexibility index (Phi) is 4.72. The molecule has 0 aliphatic heterocycles. The predicted octanol–water partition coefficient (Wildman–Crippen LogP) is 2.14. The molecule has 0 fully saturated rings. The highest BCUT2D eigenvalue weighted by molar-refractivity contribution is 5.86. The Labute approximate surface area is 123 Å². The molecule has 0 aliphatic carbocycles. The highest BCUT2D eigenvalue weighted by atomic mass is 16.4. The fourth-order valence-corrected chi connectivity index (χ4v) is 2.16. The fraction of sp³-hybridized carbons (Fsp3) is 0.571. The Morgan fingerprint density at radius 3 is 2.81 bits per heavy atom. The summed E-state index contributed by atoms with van der Waals surface area (Å²) in [6, 6.07) is 2.28. The molecule has 21 heavy (non-hydrogen) atoms. The summed E-state index contributed by atoms with van der Waals surface area (Å²) in [6.07, 6.45) is 4.43. The number of carboxylic acids is 1. The van der Waals surface area contributed by atoms with Gasteiger partial charge in [0.2, 0.25) is 0 Å². The van der Waals surface area contributed by atoms with E-state index in [-0.39, 0.29) is 5.69 Å². The zero-order chi connectivity index (χ0) is 15.4. The SMILES string of the molecule is CCCc1c(C(=O)O)nnn1Cc1ccn(C(C)CC)n1. The van der Waals surface area contributed by atoms with Crippen molar-refractivity contribution in [2.24, 2.45) is 0 Å². The Morgan fingerprint density at radius 2 is 2.19 bits per heavy atom. The largest absolute Gasteiger partial charge is 0.476 e. The Hall–Kier alpha value is -2.18. The van der Waals surface area contributed by atoms with Crippen LogP contribution in [0.5, 0.6) is 0 Å². The number of aromatic carboxylic acids is 1. The summed E-state index contributed by atoms with van der Waals surface area (Å²) in [6.45, 7) is 6.67. The number of hydrogen-bond acceptors (Lipinski definition) is 4. The molecular formula is C14H21N5O2.